The summed E-state index contributed by atoms with van der Waals surface area (Å²) < 4.78 is 11.3. The molecule has 0 unspecified atom stereocenters. The maximum absolute atomic E-state index is 13.3. The third-order valence-electron chi connectivity index (χ3n) is 5.14. The highest BCUT2D eigenvalue weighted by molar-refractivity contribution is 7.07. The monoisotopic (exact) mass is 375 g/mol. The van der Waals surface area contributed by atoms with Crippen LogP contribution in [0.1, 0.15) is 15.9 Å². The van der Waals surface area contributed by atoms with Crippen molar-refractivity contribution in [1.29, 1.82) is 0 Å². The van der Waals surface area contributed by atoms with Crippen LogP contribution in [0, 0.1) is 0 Å². The molecule has 0 saturated heterocycles. The van der Waals surface area contributed by atoms with Gasteiger partial charge in [-0.3, -0.25) is 4.79 Å². The molecule has 0 N–H and O–H groups in total. The number of rotatable bonds is 4. The highest BCUT2D eigenvalue weighted by atomic mass is 32.1. The number of carbonyl (C=O) groups excluding carboxylic acids is 1. The predicted octanol–water partition coefficient (Wildman–Crippen LogP) is 5.23. The van der Waals surface area contributed by atoms with Crippen LogP contribution in [0.15, 0.2) is 53.2 Å². The fourth-order valence-corrected chi connectivity index (χ4v) is 4.61. The summed E-state index contributed by atoms with van der Waals surface area (Å²) >= 11 is 1.64. The standard InChI is InChI=1S/C22H17NO3S/c1-25-18-10-16-19-17(23(22(16)24)11-13-7-8-27-12-13)9-14-5-3-4-6-15(14)20(19)21(18)26-2/h3-10,12H,11H2,1-2H3. The lowest BCUT2D eigenvalue weighted by Crippen LogP contribution is -2.25. The van der Waals surface area contributed by atoms with E-state index in [4.69, 9.17) is 9.47 Å². The van der Waals surface area contributed by atoms with Gasteiger partial charge in [-0.2, -0.15) is 11.3 Å². The Morgan fingerprint density at radius 2 is 1.89 bits per heavy atom. The Bertz CT molecular complexity index is 1200. The molecule has 27 heavy (non-hydrogen) atoms. The van der Waals surface area contributed by atoms with Crippen LogP contribution >= 0.6 is 11.3 Å². The van der Waals surface area contributed by atoms with Gasteiger partial charge in [-0.25, -0.2) is 0 Å². The van der Waals surface area contributed by atoms with Gasteiger partial charge >= 0.3 is 0 Å². The first-order valence-corrected chi connectivity index (χ1v) is 9.60. The van der Waals surface area contributed by atoms with Gasteiger partial charge in [0.15, 0.2) is 11.5 Å². The second kappa shape index (κ2) is 5.99. The van der Waals surface area contributed by atoms with Crippen molar-refractivity contribution in [2.75, 3.05) is 19.1 Å². The highest BCUT2D eigenvalue weighted by Gasteiger charge is 2.33. The highest BCUT2D eigenvalue weighted by Crippen LogP contribution is 2.49. The van der Waals surface area contributed by atoms with Crippen molar-refractivity contribution in [1.82, 2.24) is 0 Å². The lowest BCUT2D eigenvalue weighted by molar-refractivity contribution is 0.0991. The Morgan fingerprint density at radius 3 is 2.63 bits per heavy atom. The van der Waals surface area contributed by atoms with Gasteiger partial charge in [-0.05, 0) is 45.3 Å². The summed E-state index contributed by atoms with van der Waals surface area (Å²) in [6.07, 6.45) is 0. The van der Waals surface area contributed by atoms with Gasteiger partial charge in [0.1, 0.15) is 0 Å². The van der Waals surface area contributed by atoms with E-state index in [2.05, 4.69) is 29.6 Å². The van der Waals surface area contributed by atoms with Crippen molar-refractivity contribution in [3.05, 3.63) is 64.4 Å². The molecule has 5 heteroatoms. The lowest BCUT2D eigenvalue weighted by Gasteiger charge is -2.18. The number of carbonyl (C=O) groups is 1. The number of methoxy groups -OCH3 is 2. The number of benzene rings is 3. The number of hydrogen-bond acceptors (Lipinski definition) is 4. The molecule has 4 aromatic rings. The number of amides is 1. The van der Waals surface area contributed by atoms with Crippen LogP contribution in [0.2, 0.25) is 0 Å². The van der Waals surface area contributed by atoms with Crippen LogP contribution in [0.4, 0.5) is 5.69 Å². The molecule has 0 fully saturated rings. The number of ether oxygens (including phenoxy) is 2. The Kier molecular flexibility index (Phi) is 3.58. The van der Waals surface area contributed by atoms with E-state index in [-0.39, 0.29) is 5.91 Å². The molecule has 0 radical (unpaired) electrons. The molecule has 0 spiro atoms. The average molecular weight is 375 g/mol. The molecular formula is C22H17NO3S. The molecule has 0 aliphatic carbocycles. The van der Waals surface area contributed by atoms with Crippen molar-refractivity contribution < 1.29 is 14.3 Å². The van der Waals surface area contributed by atoms with E-state index in [9.17, 15) is 4.79 Å². The normalized spacial score (nSPS) is 13.0. The summed E-state index contributed by atoms with van der Waals surface area (Å²) in [5, 5.41) is 8.11. The summed E-state index contributed by atoms with van der Waals surface area (Å²) in [5.41, 5.74) is 2.72. The van der Waals surface area contributed by atoms with Crippen LogP contribution in [0.25, 0.3) is 21.5 Å². The van der Waals surface area contributed by atoms with Crippen molar-refractivity contribution in [2.24, 2.45) is 0 Å². The van der Waals surface area contributed by atoms with Crippen molar-refractivity contribution >= 4 is 44.5 Å². The average Bonchev–Trinajstić information content (AvgIpc) is 3.30. The first kappa shape index (κ1) is 16.1. The molecule has 1 amide bonds. The summed E-state index contributed by atoms with van der Waals surface area (Å²) in [6, 6.07) is 14.1. The fraction of sp³-hybridized carbons (Fsp3) is 0.136. The molecule has 1 aliphatic heterocycles. The second-order valence-corrected chi connectivity index (χ2v) is 7.33. The molecular weight excluding hydrogens is 358 g/mol. The van der Waals surface area contributed by atoms with E-state index >= 15 is 0 Å². The fourth-order valence-electron chi connectivity index (χ4n) is 3.95. The van der Waals surface area contributed by atoms with E-state index in [1.54, 1.807) is 31.6 Å². The van der Waals surface area contributed by atoms with Crippen LogP contribution in [0.3, 0.4) is 0 Å². The summed E-state index contributed by atoms with van der Waals surface area (Å²) in [7, 11) is 3.24. The number of nitrogens with zero attached hydrogens (tertiary/aromatic N) is 1. The minimum atomic E-state index is -0.00235. The largest absolute Gasteiger partial charge is 0.493 e. The lowest BCUT2D eigenvalue weighted by atomic mass is 9.97. The van der Waals surface area contributed by atoms with Gasteiger partial charge in [-0.1, -0.05) is 24.3 Å². The predicted molar refractivity (Wildman–Crippen MR) is 109 cm³/mol. The van der Waals surface area contributed by atoms with Crippen LogP contribution < -0.4 is 14.4 Å². The second-order valence-electron chi connectivity index (χ2n) is 6.55. The minimum absolute atomic E-state index is 0.00235. The summed E-state index contributed by atoms with van der Waals surface area (Å²) in [5.74, 6) is 1.24. The molecule has 5 rings (SSSR count). The van der Waals surface area contributed by atoms with Gasteiger partial charge in [0.25, 0.3) is 5.91 Å². The molecule has 3 aromatic carbocycles. The topological polar surface area (TPSA) is 38.8 Å². The molecule has 0 atom stereocenters. The number of anilines is 1. The molecule has 134 valence electrons. The first-order chi connectivity index (χ1) is 13.2. The van der Waals surface area contributed by atoms with Crippen molar-refractivity contribution in [3.63, 3.8) is 0 Å². The molecule has 4 nitrogen and oxygen atoms in total. The van der Waals surface area contributed by atoms with E-state index in [1.165, 1.54) is 0 Å². The van der Waals surface area contributed by atoms with Gasteiger partial charge in [-0.15, -0.1) is 0 Å². The third-order valence-corrected chi connectivity index (χ3v) is 5.87. The van der Waals surface area contributed by atoms with Crippen LogP contribution in [-0.2, 0) is 6.54 Å². The van der Waals surface area contributed by atoms with Gasteiger partial charge in [0.2, 0.25) is 0 Å². The Balaban J connectivity index is 1.88. The molecule has 2 heterocycles. The van der Waals surface area contributed by atoms with E-state index in [0.29, 0.717) is 23.6 Å². The van der Waals surface area contributed by atoms with Crippen LogP contribution in [0.5, 0.6) is 11.5 Å². The number of thiophene rings is 1. The first-order valence-electron chi connectivity index (χ1n) is 8.66. The number of fused-ring (bicyclic) bond motifs is 2. The van der Waals surface area contributed by atoms with Crippen molar-refractivity contribution in [2.45, 2.75) is 6.54 Å². The van der Waals surface area contributed by atoms with Crippen LogP contribution in [-0.4, -0.2) is 20.1 Å². The van der Waals surface area contributed by atoms with Gasteiger partial charge < -0.3 is 14.4 Å². The summed E-state index contributed by atoms with van der Waals surface area (Å²) in [4.78, 5) is 15.1. The van der Waals surface area contributed by atoms with Gasteiger partial charge in [0, 0.05) is 10.8 Å². The maximum Gasteiger partial charge on any atom is 0.259 e. The Labute approximate surface area is 160 Å². The SMILES string of the molecule is COc1cc2c3c(cc4ccccc4c3c1OC)N(Cc1ccsc1)C2=O. The Morgan fingerprint density at radius 1 is 1.04 bits per heavy atom. The smallest absolute Gasteiger partial charge is 0.259 e. The molecule has 1 aliphatic rings. The van der Waals surface area contributed by atoms with E-state index < -0.39 is 0 Å². The Hall–Kier alpha value is -3.05. The van der Waals surface area contributed by atoms with Gasteiger partial charge in [0.05, 0.1) is 32.0 Å². The number of hydrogen-bond donors (Lipinski definition) is 0. The zero-order chi connectivity index (χ0) is 18.5. The van der Waals surface area contributed by atoms with E-state index in [0.717, 1.165) is 32.8 Å². The zero-order valence-corrected chi connectivity index (χ0v) is 15.8. The quantitative estimate of drug-likeness (QED) is 0.458. The minimum Gasteiger partial charge on any atom is -0.493 e. The van der Waals surface area contributed by atoms with E-state index in [1.807, 2.05) is 22.4 Å². The summed E-state index contributed by atoms with van der Waals surface area (Å²) in [6.45, 7) is 0.551. The maximum atomic E-state index is 13.3. The third kappa shape index (κ3) is 2.25. The molecule has 0 saturated carbocycles. The zero-order valence-electron chi connectivity index (χ0n) is 15.0. The molecule has 0 bridgehead atoms. The molecule has 1 aromatic heterocycles. The van der Waals surface area contributed by atoms with Crippen molar-refractivity contribution in [3.8, 4) is 11.5 Å².